The molecular formula is C13H25NO3. The molecule has 17 heavy (non-hydrogen) atoms. The zero-order chi connectivity index (χ0) is 12.1. The van der Waals surface area contributed by atoms with E-state index in [1.807, 2.05) is 0 Å². The summed E-state index contributed by atoms with van der Waals surface area (Å²) in [6.45, 7) is 6.06. The second-order valence-electron chi connectivity index (χ2n) is 5.24. The van der Waals surface area contributed by atoms with Crippen LogP contribution in [0.3, 0.4) is 0 Å². The molecule has 2 aliphatic heterocycles. The lowest BCUT2D eigenvalue weighted by Gasteiger charge is -2.33. The summed E-state index contributed by atoms with van der Waals surface area (Å²) in [5, 5.41) is 8.71. The molecule has 4 nitrogen and oxygen atoms in total. The van der Waals surface area contributed by atoms with Crippen LogP contribution in [0.15, 0.2) is 0 Å². The van der Waals surface area contributed by atoms with Crippen LogP contribution in [0.2, 0.25) is 0 Å². The Labute approximate surface area is 104 Å². The van der Waals surface area contributed by atoms with Crippen molar-refractivity contribution in [2.75, 3.05) is 32.8 Å². The van der Waals surface area contributed by atoms with E-state index in [0.29, 0.717) is 24.9 Å². The van der Waals surface area contributed by atoms with Crippen LogP contribution >= 0.6 is 0 Å². The van der Waals surface area contributed by atoms with Crippen LogP contribution in [0.1, 0.15) is 32.6 Å². The third-order valence-electron chi connectivity index (χ3n) is 3.76. The van der Waals surface area contributed by atoms with Crippen molar-refractivity contribution >= 4 is 0 Å². The number of ether oxygens (including phenoxy) is 2. The summed E-state index contributed by atoms with van der Waals surface area (Å²) < 4.78 is 11.4. The highest BCUT2D eigenvalue weighted by molar-refractivity contribution is 4.78. The molecule has 0 aliphatic carbocycles. The van der Waals surface area contributed by atoms with E-state index in [4.69, 9.17) is 14.6 Å². The highest BCUT2D eigenvalue weighted by Gasteiger charge is 2.26. The number of likely N-dealkylation sites (tertiary alicyclic amines) is 1. The van der Waals surface area contributed by atoms with Crippen LogP contribution in [0.4, 0.5) is 0 Å². The van der Waals surface area contributed by atoms with Gasteiger partial charge in [0, 0.05) is 19.6 Å². The molecule has 0 aromatic rings. The average Bonchev–Trinajstić information content (AvgIpc) is 2.74. The predicted octanol–water partition coefficient (Wildman–Crippen LogP) is 1.03. The molecule has 0 spiro atoms. The van der Waals surface area contributed by atoms with Crippen LogP contribution in [0.5, 0.6) is 0 Å². The number of hydrogen-bond acceptors (Lipinski definition) is 4. The summed E-state index contributed by atoms with van der Waals surface area (Å²) in [5.41, 5.74) is 0. The Kier molecular flexibility index (Phi) is 5.22. The molecule has 2 atom stereocenters. The number of aliphatic hydroxyl groups is 1. The van der Waals surface area contributed by atoms with Gasteiger partial charge >= 0.3 is 0 Å². The van der Waals surface area contributed by atoms with E-state index < -0.39 is 0 Å². The van der Waals surface area contributed by atoms with Crippen LogP contribution < -0.4 is 0 Å². The molecule has 4 heteroatoms. The quantitative estimate of drug-likeness (QED) is 0.783. The van der Waals surface area contributed by atoms with E-state index in [-0.39, 0.29) is 6.61 Å². The second kappa shape index (κ2) is 6.69. The molecule has 0 radical (unpaired) electrons. The number of piperidine rings is 1. The molecule has 2 unspecified atom stereocenters. The van der Waals surface area contributed by atoms with Gasteiger partial charge in [0.05, 0.1) is 31.5 Å². The van der Waals surface area contributed by atoms with Gasteiger partial charge in [-0.05, 0) is 32.6 Å². The molecule has 0 saturated carbocycles. The van der Waals surface area contributed by atoms with E-state index in [1.54, 1.807) is 0 Å². The minimum absolute atomic E-state index is 0.133. The fraction of sp³-hybridized carbons (Fsp3) is 1.00. The van der Waals surface area contributed by atoms with Crippen LogP contribution in [-0.2, 0) is 9.47 Å². The van der Waals surface area contributed by atoms with Crippen LogP contribution in [-0.4, -0.2) is 61.2 Å². The van der Waals surface area contributed by atoms with Gasteiger partial charge in [-0.25, -0.2) is 0 Å². The fourth-order valence-electron chi connectivity index (χ4n) is 2.79. The molecule has 0 bridgehead atoms. The zero-order valence-electron chi connectivity index (χ0n) is 10.8. The lowest BCUT2D eigenvalue weighted by atomic mass is 10.1. The number of hydrogen-bond donors (Lipinski definition) is 1. The van der Waals surface area contributed by atoms with Gasteiger partial charge < -0.3 is 19.5 Å². The first kappa shape index (κ1) is 13.3. The number of nitrogens with zero attached hydrogens (tertiary/aromatic N) is 1. The molecule has 1 N–H and O–H groups in total. The van der Waals surface area contributed by atoms with Gasteiger partial charge in [0.1, 0.15) is 0 Å². The van der Waals surface area contributed by atoms with Crippen molar-refractivity contribution in [3.05, 3.63) is 0 Å². The molecule has 2 aliphatic rings. The number of aliphatic hydroxyl groups excluding tert-OH is 1. The Bertz CT molecular complexity index is 217. The first-order valence-electron chi connectivity index (χ1n) is 6.88. The third kappa shape index (κ3) is 4.21. The summed E-state index contributed by atoms with van der Waals surface area (Å²) in [7, 11) is 0. The fourth-order valence-corrected chi connectivity index (χ4v) is 2.79. The lowest BCUT2D eigenvalue weighted by Crippen LogP contribution is -2.41. The van der Waals surface area contributed by atoms with Crippen molar-refractivity contribution in [3.8, 4) is 0 Å². The molecule has 0 aromatic carbocycles. The maximum absolute atomic E-state index is 8.71. The van der Waals surface area contributed by atoms with Crippen molar-refractivity contribution in [1.82, 2.24) is 4.90 Å². The summed E-state index contributed by atoms with van der Waals surface area (Å²) in [4.78, 5) is 2.49. The topological polar surface area (TPSA) is 41.9 Å². The summed E-state index contributed by atoms with van der Waals surface area (Å²) >= 11 is 0. The smallest absolute Gasteiger partial charge is 0.0706 e. The van der Waals surface area contributed by atoms with Gasteiger partial charge in [-0.2, -0.15) is 0 Å². The highest BCUT2D eigenvalue weighted by atomic mass is 16.5. The molecule has 2 heterocycles. The third-order valence-corrected chi connectivity index (χ3v) is 3.76. The first-order valence-corrected chi connectivity index (χ1v) is 6.88. The van der Waals surface area contributed by atoms with E-state index in [0.717, 1.165) is 32.5 Å². The maximum atomic E-state index is 8.71. The van der Waals surface area contributed by atoms with E-state index in [9.17, 15) is 0 Å². The van der Waals surface area contributed by atoms with Gasteiger partial charge in [-0.15, -0.1) is 0 Å². The average molecular weight is 243 g/mol. The second-order valence-corrected chi connectivity index (χ2v) is 5.24. The van der Waals surface area contributed by atoms with Gasteiger partial charge in [-0.1, -0.05) is 0 Å². The molecule has 2 rings (SSSR count). The minimum Gasteiger partial charge on any atom is -0.394 e. The van der Waals surface area contributed by atoms with Crippen LogP contribution in [0.25, 0.3) is 0 Å². The molecule has 0 aromatic heterocycles. The molecule has 2 saturated heterocycles. The lowest BCUT2D eigenvalue weighted by molar-refractivity contribution is -0.0221. The van der Waals surface area contributed by atoms with Gasteiger partial charge in [0.15, 0.2) is 0 Å². The van der Waals surface area contributed by atoms with Crippen molar-refractivity contribution in [2.24, 2.45) is 0 Å². The van der Waals surface area contributed by atoms with Crippen molar-refractivity contribution in [1.29, 1.82) is 0 Å². The monoisotopic (exact) mass is 243 g/mol. The van der Waals surface area contributed by atoms with Crippen LogP contribution in [0, 0.1) is 0 Å². The Morgan fingerprint density at radius 1 is 1.24 bits per heavy atom. The standard InChI is InChI=1S/C13H25NO3/c1-11-2-3-13(17-11)10-14-6-4-12(5-7-14)16-9-8-15/h11-13,15H,2-10H2,1H3. The minimum atomic E-state index is 0.133. The van der Waals surface area contributed by atoms with E-state index >= 15 is 0 Å². The molecule has 100 valence electrons. The predicted molar refractivity (Wildman–Crippen MR) is 66.1 cm³/mol. The summed E-state index contributed by atoms with van der Waals surface area (Å²) in [5.74, 6) is 0. The largest absolute Gasteiger partial charge is 0.394 e. The zero-order valence-corrected chi connectivity index (χ0v) is 10.8. The van der Waals surface area contributed by atoms with E-state index in [1.165, 1.54) is 12.8 Å². The highest BCUT2D eigenvalue weighted by Crippen LogP contribution is 2.21. The van der Waals surface area contributed by atoms with Crippen molar-refractivity contribution in [2.45, 2.75) is 50.9 Å². The Morgan fingerprint density at radius 3 is 2.59 bits per heavy atom. The first-order chi connectivity index (χ1) is 8.28. The Hall–Kier alpha value is -0.160. The summed E-state index contributed by atoms with van der Waals surface area (Å²) in [6, 6.07) is 0. The maximum Gasteiger partial charge on any atom is 0.0706 e. The normalized spacial score (nSPS) is 32.1. The van der Waals surface area contributed by atoms with E-state index in [2.05, 4.69) is 11.8 Å². The molecule has 0 amide bonds. The molecule has 2 fully saturated rings. The Balaban J connectivity index is 1.62. The Morgan fingerprint density at radius 2 is 2.00 bits per heavy atom. The van der Waals surface area contributed by atoms with Crippen molar-refractivity contribution in [3.63, 3.8) is 0 Å². The summed E-state index contributed by atoms with van der Waals surface area (Å²) in [6.07, 6.45) is 5.83. The van der Waals surface area contributed by atoms with Gasteiger partial charge in [0.25, 0.3) is 0 Å². The van der Waals surface area contributed by atoms with Gasteiger partial charge in [0.2, 0.25) is 0 Å². The van der Waals surface area contributed by atoms with Gasteiger partial charge in [-0.3, -0.25) is 0 Å². The van der Waals surface area contributed by atoms with Crippen molar-refractivity contribution < 1.29 is 14.6 Å². The SMILES string of the molecule is CC1CCC(CN2CCC(OCCO)CC2)O1. The number of rotatable bonds is 5. The molecular weight excluding hydrogens is 218 g/mol.